The molecule has 0 radical (unpaired) electrons. The van der Waals surface area contributed by atoms with Crippen molar-refractivity contribution in [3.63, 3.8) is 0 Å². The van der Waals surface area contributed by atoms with Crippen LogP contribution in [0.2, 0.25) is 0 Å². The monoisotopic (exact) mass is 351 g/mol. The van der Waals surface area contributed by atoms with Gasteiger partial charge in [-0.2, -0.15) is 0 Å². The molecule has 9 nitrogen and oxygen atoms in total. The Morgan fingerprint density at radius 3 is 2.58 bits per heavy atom. The molecule has 3 aromatic heterocycles. The Bertz CT molecular complexity index is 845. The van der Waals surface area contributed by atoms with Crippen LogP contribution in [0.1, 0.15) is 10.6 Å². The summed E-state index contributed by atoms with van der Waals surface area (Å²) in [6, 6.07) is 9.13. The zero-order chi connectivity index (χ0) is 17.8. The molecule has 0 spiro atoms. The number of hydrogen-bond acceptors (Lipinski definition) is 8. The van der Waals surface area contributed by atoms with Gasteiger partial charge in [0.05, 0.1) is 18.1 Å². The summed E-state index contributed by atoms with van der Waals surface area (Å²) in [5.74, 6) is 1.57. The zero-order valence-electron chi connectivity index (χ0n) is 13.9. The number of nitrogens with zero attached hydrogens (tertiary/aromatic N) is 6. The van der Waals surface area contributed by atoms with Gasteiger partial charge in [0.25, 0.3) is 5.91 Å². The number of amides is 1. The molecule has 26 heavy (non-hydrogen) atoms. The minimum atomic E-state index is -0.135. The minimum absolute atomic E-state index is 0.135. The highest BCUT2D eigenvalue weighted by atomic mass is 16.5. The zero-order valence-corrected chi connectivity index (χ0v) is 13.9. The number of anilines is 3. The third kappa shape index (κ3) is 3.46. The van der Waals surface area contributed by atoms with Gasteiger partial charge in [0.1, 0.15) is 0 Å². The van der Waals surface area contributed by atoms with Gasteiger partial charge in [-0.1, -0.05) is 5.16 Å². The lowest BCUT2D eigenvalue weighted by atomic mass is 10.3. The highest BCUT2D eigenvalue weighted by molar-refractivity contribution is 5.91. The summed E-state index contributed by atoms with van der Waals surface area (Å²) in [6.45, 7) is 2.56. The number of hydrogen-bond donors (Lipinski definition) is 1. The molecule has 4 rings (SSSR count). The Morgan fingerprint density at radius 2 is 1.92 bits per heavy atom. The predicted molar refractivity (Wildman–Crippen MR) is 94.2 cm³/mol. The van der Waals surface area contributed by atoms with Crippen molar-refractivity contribution < 1.29 is 9.32 Å². The summed E-state index contributed by atoms with van der Waals surface area (Å²) in [6.07, 6.45) is 4.91. The van der Waals surface area contributed by atoms with Gasteiger partial charge < -0.3 is 19.6 Å². The summed E-state index contributed by atoms with van der Waals surface area (Å²) in [5.41, 5.74) is 0.856. The molecule has 0 aliphatic carbocycles. The smallest absolute Gasteiger partial charge is 0.292 e. The van der Waals surface area contributed by atoms with E-state index < -0.39 is 0 Å². The summed E-state index contributed by atoms with van der Waals surface area (Å²) in [5, 5.41) is 15.2. The second-order valence-corrected chi connectivity index (χ2v) is 5.80. The molecule has 1 fully saturated rings. The third-order valence-electron chi connectivity index (χ3n) is 4.12. The molecule has 0 unspecified atom stereocenters. The molecule has 132 valence electrons. The van der Waals surface area contributed by atoms with Crippen molar-refractivity contribution in [2.45, 2.75) is 0 Å². The molecule has 1 amide bonds. The van der Waals surface area contributed by atoms with Crippen LogP contribution >= 0.6 is 0 Å². The lowest BCUT2D eigenvalue weighted by molar-refractivity contribution is 0.0704. The standard InChI is InChI=1S/C17H17N7O2/c25-17(14-5-7-19-26-14)24-10-8-23(9-11-24)16-4-3-15(21-22-16)20-13-2-1-6-18-12-13/h1-7,12H,8-11H2,(H,20,21). The molecule has 0 aromatic carbocycles. The molecule has 1 N–H and O–H groups in total. The van der Waals surface area contributed by atoms with Crippen molar-refractivity contribution >= 4 is 23.2 Å². The Morgan fingerprint density at radius 1 is 1.04 bits per heavy atom. The van der Waals surface area contributed by atoms with Crippen molar-refractivity contribution in [2.75, 3.05) is 36.4 Å². The molecule has 0 bridgehead atoms. The number of carbonyl (C=O) groups is 1. The van der Waals surface area contributed by atoms with E-state index in [0.717, 1.165) is 11.5 Å². The minimum Gasteiger partial charge on any atom is -0.352 e. The molecule has 9 heteroatoms. The van der Waals surface area contributed by atoms with Crippen LogP contribution < -0.4 is 10.2 Å². The Kier molecular flexibility index (Phi) is 4.42. The molecule has 0 saturated carbocycles. The number of aromatic nitrogens is 4. The average molecular weight is 351 g/mol. The quantitative estimate of drug-likeness (QED) is 0.756. The SMILES string of the molecule is O=C(c1ccno1)N1CCN(c2ccc(Nc3cccnc3)nn2)CC1. The largest absolute Gasteiger partial charge is 0.352 e. The van der Waals surface area contributed by atoms with Crippen LogP contribution in [0.5, 0.6) is 0 Å². The number of nitrogens with one attached hydrogen (secondary N) is 1. The lowest BCUT2D eigenvalue weighted by Gasteiger charge is -2.34. The molecule has 1 aliphatic heterocycles. The average Bonchev–Trinajstić information content (AvgIpc) is 3.24. The first-order valence-electron chi connectivity index (χ1n) is 8.25. The highest BCUT2D eigenvalue weighted by Crippen LogP contribution is 2.17. The Labute approximate surface area is 149 Å². The van der Waals surface area contributed by atoms with E-state index in [1.807, 2.05) is 24.3 Å². The fourth-order valence-corrected chi connectivity index (χ4v) is 2.77. The first kappa shape index (κ1) is 16.0. The van der Waals surface area contributed by atoms with Crippen molar-refractivity contribution in [1.29, 1.82) is 0 Å². The van der Waals surface area contributed by atoms with Gasteiger partial charge in [-0.3, -0.25) is 9.78 Å². The fraction of sp³-hybridized carbons (Fsp3) is 0.235. The number of pyridine rings is 1. The molecule has 0 atom stereocenters. The van der Waals surface area contributed by atoms with Crippen molar-refractivity contribution in [1.82, 2.24) is 25.2 Å². The number of carbonyl (C=O) groups excluding carboxylic acids is 1. The maximum atomic E-state index is 12.3. The van der Waals surface area contributed by atoms with Crippen LogP contribution in [-0.4, -0.2) is 57.3 Å². The van der Waals surface area contributed by atoms with Gasteiger partial charge >= 0.3 is 0 Å². The predicted octanol–water partition coefficient (Wildman–Crippen LogP) is 1.57. The Hall–Kier alpha value is -3.49. The topological polar surface area (TPSA) is 100 Å². The van der Waals surface area contributed by atoms with Crippen molar-refractivity contribution in [3.8, 4) is 0 Å². The van der Waals surface area contributed by atoms with Crippen molar-refractivity contribution in [2.24, 2.45) is 0 Å². The lowest BCUT2D eigenvalue weighted by Crippen LogP contribution is -2.49. The van der Waals surface area contributed by atoms with Crippen LogP contribution in [0, 0.1) is 0 Å². The van der Waals surface area contributed by atoms with Crippen LogP contribution in [0.25, 0.3) is 0 Å². The van der Waals surface area contributed by atoms with E-state index in [9.17, 15) is 4.79 Å². The van der Waals surface area contributed by atoms with E-state index in [1.54, 1.807) is 23.4 Å². The van der Waals surface area contributed by atoms with E-state index in [1.165, 1.54) is 6.20 Å². The van der Waals surface area contributed by atoms with E-state index in [2.05, 4.69) is 30.6 Å². The van der Waals surface area contributed by atoms with Gasteiger partial charge in [0.2, 0.25) is 5.76 Å². The van der Waals surface area contributed by atoms with Gasteiger partial charge in [0.15, 0.2) is 11.6 Å². The molecule has 4 heterocycles. The highest BCUT2D eigenvalue weighted by Gasteiger charge is 2.24. The summed E-state index contributed by atoms with van der Waals surface area (Å²) in [7, 11) is 0. The summed E-state index contributed by atoms with van der Waals surface area (Å²) in [4.78, 5) is 20.2. The number of rotatable bonds is 4. The summed E-state index contributed by atoms with van der Waals surface area (Å²) < 4.78 is 4.93. The molecule has 1 saturated heterocycles. The van der Waals surface area contributed by atoms with Crippen molar-refractivity contribution in [3.05, 3.63) is 54.7 Å². The maximum Gasteiger partial charge on any atom is 0.292 e. The molecular weight excluding hydrogens is 334 g/mol. The van der Waals surface area contributed by atoms with E-state index >= 15 is 0 Å². The maximum absolute atomic E-state index is 12.3. The first-order chi connectivity index (χ1) is 12.8. The Balaban J connectivity index is 1.35. The van der Waals surface area contributed by atoms with E-state index in [-0.39, 0.29) is 11.7 Å². The fourth-order valence-electron chi connectivity index (χ4n) is 2.77. The molecule has 1 aliphatic rings. The third-order valence-corrected chi connectivity index (χ3v) is 4.12. The van der Waals surface area contributed by atoms with Gasteiger partial charge in [0, 0.05) is 38.4 Å². The second-order valence-electron chi connectivity index (χ2n) is 5.80. The number of piperazine rings is 1. The van der Waals surface area contributed by atoms with Crippen LogP contribution in [0.4, 0.5) is 17.3 Å². The van der Waals surface area contributed by atoms with E-state index in [0.29, 0.717) is 32.0 Å². The summed E-state index contributed by atoms with van der Waals surface area (Å²) >= 11 is 0. The van der Waals surface area contributed by atoms with Crippen LogP contribution in [-0.2, 0) is 0 Å². The first-order valence-corrected chi connectivity index (χ1v) is 8.25. The van der Waals surface area contributed by atoms with Gasteiger partial charge in [-0.25, -0.2) is 0 Å². The molecule has 3 aromatic rings. The van der Waals surface area contributed by atoms with Gasteiger partial charge in [-0.05, 0) is 24.3 Å². The van der Waals surface area contributed by atoms with Crippen LogP contribution in [0.3, 0.4) is 0 Å². The van der Waals surface area contributed by atoms with Gasteiger partial charge in [-0.15, -0.1) is 10.2 Å². The van der Waals surface area contributed by atoms with E-state index in [4.69, 9.17) is 4.52 Å². The normalized spacial score (nSPS) is 14.3. The van der Waals surface area contributed by atoms with Crippen LogP contribution in [0.15, 0.2) is 53.4 Å². The molecular formula is C17H17N7O2. The second kappa shape index (κ2) is 7.18.